The van der Waals surface area contributed by atoms with Crippen molar-refractivity contribution in [3.63, 3.8) is 0 Å². The summed E-state index contributed by atoms with van der Waals surface area (Å²) in [5, 5.41) is 4.20. The molecule has 0 radical (unpaired) electrons. The van der Waals surface area contributed by atoms with Gasteiger partial charge in [0, 0.05) is 19.5 Å². The number of hydrogen-bond acceptors (Lipinski definition) is 4. The van der Waals surface area contributed by atoms with Crippen LogP contribution in [0.4, 0.5) is 0 Å². The largest absolute Gasteiger partial charge is 0.497 e. The third kappa shape index (κ3) is 3.88. The van der Waals surface area contributed by atoms with E-state index < -0.39 is 0 Å². The second-order valence-electron chi connectivity index (χ2n) is 5.86. The summed E-state index contributed by atoms with van der Waals surface area (Å²) in [7, 11) is 1.65. The van der Waals surface area contributed by atoms with Crippen molar-refractivity contribution in [3.05, 3.63) is 42.5 Å². The molecule has 1 amide bonds. The van der Waals surface area contributed by atoms with Gasteiger partial charge >= 0.3 is 0 Å². The highest BCUT2D eigenvalue weighted by Gasteiger charge is 2.24. The van der Waals surface area contributed by atoms with E-state index in [1.807, 2.05) is 33.8 Å². The molecular weight excluding hydrogens is 292 g/mol. The van der Waals surface area contributed by atoms with Gasteiger partial charge in [-0.15, -0.1) is 0 Å². The lowest BCUT2D eigenvalue weighted by molar-refractivity contribution is -0.132. The molecule has 3 rings (SSSR count). The smallest absolute Gasteiger partial charge is 0.222 e. The number of ether oxygens (including phenoxy) is 1. The predicted molar refractivity (Wildman–Crippen MR) is 86.2 cm³/mol. The van der Waals surface area contributed by atoms with E-state index in [0.29, 0.717) is 6.42 Å². The Bertz CT molecular complexity index is 625. The monoisotopic (exact) mass is 314 g/mol. The normalized spacial score (nSPS) is 18.0. The number of nitrogens with zero attached hydrogens (tertiary/aromatic N) is 4. The van der Waals surface area contributed by atoms with Gasteiger partial charge in [-0.2, -0.15) is 5.10 Å². The number of likely N-dealkylation sites (tertiary alicyclic amines) is 1. The molecular formula is C17H22N4O2. The summed E-state index contributed by atoms with van der Waals surface area (Å²) in [5.41, 5.74) is 1.16. The van der Waals surface area contributed by atoms with Crippen LogP contribution < -0.4 is 4.74 Å². The van der Waals surface area contributed by atoms with E-state index >= 15 is 0 Å². The van der Waals surface area contributed by atoms with Crippen molar-refractivity contribution in [2.24, 2.45) is 0 Å². The van der Waals surface area contributed by atoms with Gasteiger partial charge in [-0.1, -0.05) is 12.1 Å². The Labute approximate surface area is 136 Å². The van der Waals surface area contributed by atoms with Gasteiger partial charge in [0.2, 0.25) is 5.91 Å². The fourth-order valence-electron chi connectivity index (χ4n) is 3.00. The van der Waals surface area contributed by atoms with Crippen molar-refractivity contribution in [2.45, 2.75) is 31.7 Å². The fraction of sp³-hybridized carbons (Fsp3) is 0.471. The Morgan fingerprint density at radius 2 is 2.17 bits per heavy atom. The molecule has 0 bridgehead atoms. The Morgan fingerprint density at radius 3 is 2.87 bits per heavy atom. The van der Waals surface area contributed by atoms with Crippen LogP contribution in [0.25, 0.3) is 0 Å². The topological polar surface area (TPSA) is 60.2 Å². The van der Waals surface area contributed by atoms with Crippen LogP contribution in [0.3, 0.4) is 0 Å². The van der Waals surface area contributed by atoms with Crippen LogP contribution in [0.15, 0.2) is 36.9 Å². The molecule has 23 heavy (non-hydrogen) atoms. The fourth-order valence-corrected chi connectivity index (χ4v) is 3.00. The van der Waals surface area contributed by atoms with Crippen molar-refractivity contribution in [2.75, 3.05) is 20.2 Å². The highest BCUT2D eigenvalue weighted by Crippen LogP contribution is 2.21. The first-order valence-electron chi connectivity index (χ1n) is 8.01. The van der Waals surface area contributed by atoms with Gasteiger partial charge in [-0.25, -0.2) is 9.67 Å². The van der Waals surface area contributed by atoms with E-state index in [4.69, 9.17) is 4.74 Å². The number of benzene rings is 1. The summed E-state index contributed by atoms with van der Waals surface area (Å²) in [5.74, 6) is 1.05. The van der Waals surface area contributed by atoms with E-state index in [1.54, 1.807) is 19.8 Å². The lowest BCUT2D eigenvalue weighted by Gasteiger charge is -2.32. The molecule has 1 saturated heterocycles. The first kappa shape index (κ1) is 15.5. The number of aryl methyl sites for hydroxylation is 1. The second kappa shape index (κ2) is 7.26. The minimum atomic E-state index is 0.214. The van der Waals surface area contributed by atoms with Gasteiger partial charge in [0.15, 0.2) is 0 Å². The van der Waals surface area contributed by atoms with Crippen LogP contribution in [0, 0.1) is 0 Å². The first-order chi connectivity index (χ1) is 11.3. The Hall–Kier alpha value is -2.37. The van der Waals surface area contributed by atoms with E-state index in [0.717, 1.165) is 43.7 Å². The summed E-state index contributed by atoms with van der Waals surface area (Å²) < 4.78 is 7.01. The maximum Gasteiger partial charge on any atom is 0.222 e. The number of carbonyl (C=O) groups excluding carboxylic acids is 1. The number of rotatable bonds is 5. The molecule has 6 heteroatoms. The summed E-state index contributed by atoms with van der Waals surface area (Å²) >= 11 is 0. The van der Waals surface area contributed by atoms with E-state index in [1.165, 1.54) is 0 Å². The SMILES string of the molecule is COc1ccc(CCC(=O)N2CCCC(n3cncn3)C2)cc1. The number of piperidine rings is 1. The molecule has 1 atom stereocenters. The van der Waals surface area contributed by atoms with Gasteiger partial charge in [0.1, 0.15) is 18.4 Å². The molecule has 2 aromatic rings. The van der Waals surface area contributed by atoms with E-state index in [-0.39, 0.29) is 11.9 Å². The molecule has 1 aromatic heterocycles. The van der Waals surface area contributed by atoms with Gasteiger partial charge in [-0.3, -0.25) is 4.79 Å². The highest BCUT2D eigenvalue weighted by molar-refractivity contribution is 5.76. The molecule has 0 spiro atoms. The lowest BCUT2D eigenvalue weighted by Crippen LogP contribution is -2.40. The molecule has 1 aliphatic rings. The Balaban J connectivity index is 1.53. The molecule has 1 unspecified atom stereocenters. The zero-order valence-corrected chi connectivity index (χ0v) is 13.4. The summed E-state index contributed by atoms with van der Waals surface area (Å²) in [6, 6.07) is 8.14. The van der Waals surface area contributed by atoms with Crippen molar-refractivity contribution in [1.82, 2.24) is 19.7 Å². The number of hydrogen-bond donors (Lipinski definition) is 0. The number of methoxy groups -OCH3 is 1. The molecule has 122 valence electrons. The Morgan fingerprint density at radius 1 is 1.35 bits per heavy atom. The molecule has 0 saturated carbocycles. The summed E-state index contributed by atoms with van der Waals surface area (Å²) in [6.45, 7) is 1.57. The minimum Gasteiger partial charge on any atom is -0.497 e. The van der Waals surface area contributed by atoms with Crippen LogP contribution in [0.5, 0.6) is 5.75 Å². The summed E-state index contributed by atoms with van der Waals surface area (Å²) in [6.07, 6.45) is 6.63. The van der Waals surface area contributed by atoms with Gasteiger partial charge in [0.05, 0.1) is 13.2 Å². The molecule has 1 aromatic carbocycles. The molecule has 1 aliphatic heterocycles. The Kier molecular flexibility index (Phi) is 4.90. The number of aromatic nitrogens is 3. The zero-order chi connectivity index (χ0) is 16.1. The van der Waals surface area contributed by atoms with Crippen LogP contribution in [-0.4, -0.2) is 45.8 Å². The van der Waals surface area contributed by atoms with Gasteiger partial charge in [0.25, 0.3) is 0 Å². The van der Waals surface area contributed by atoms with Crippen molar-refractivity contribution >= 4 is 5.91 Å². The standard InChI is InChI=1S/C17H22N4O2/c1-23-16-7-4-14(5-8-16)6-9-17(22)20-10-2-3-15(11-20)21-13-18-12-19-21/h4-5,7-8,12-13,15H,2-3,6,9-11H2,1H3. The first-order valence-corrected chi connectivity index (χ1v) is 8.01. The molecule has 6 nitrogen and oxygen atoms in total. The van der Waals surface area contributed by atoms with Crippen molar-refractivity contribution in [1.29, 1.82) is 0 Å². The number of carbonyl (C=O) groups is 1. The number of amides is 1. The lowest BCUT2D eigenvalue weighted by atomic mass is 10.0. The second-order valence-corrected chi connectivity index (χ2v) is 5.86. The maximum atomic E-state index is 12.5. The van der Waals surface area contributed by atoms with E-state index in [2.05, 4.69) is 10.1 Å². The van der Waals surface area contributed by atoms with Crippen LogP contribution in [-0.2, 0) is 11.2 Å². The average Bonchev–Trinajstić information content (AvgIpc) is 3.15. The van der Waals surface area contributed by atoms with Gasteiger partial charge in [-0.05, 0) is 37.0 Å². The molecule has 0 N–H and O–H groups in total. The van der Waals surface area contributed by atoms with E-state index in [9.17, 15) is 4.79 Å². The average molecular weight is 314 g/mol. The molecule has 1 fully saturated rings. The molecule has 2 heterocycles. The summed E-state index contributed by atoms with van der Waals surface area (Å²) in [4.78, 5) is 18.4. The van der Waals surface area contributed by atoms with Crippen LogP contribution in [0.2, 0.25) is 0 Å². The third-order valence-corrected chi connectivity index (χ3v) is 4.35. The maximum absolute atomic E-state index is 12.5. The highest BCUT2D eigenvalue weighted by atomic mass is 16.5. The van der Waals surface area contributed by atoms with Gasteiger partial charge < -0.3 is 9.64 Å². The van der Waals surface area contributed by atoms with Crippen molar-refractivity contribution in [3.8, 4) is 5.75 Å². The van der Waals surface area contributed by atoms with Crippen LogP contribution >= 0.6 is 0 Å². The zero-order valence-electron chi connectivity index (χ0n) is 13.4. The third-order valence-electron chi connectivity index (χ3n) is 4.35. The predicted octanol–water partition coefficient (Wildman–Crippen LogP) is 2.08. The van der Waals surface area contributed by atoms with Crippen LogP contribution in [0.1, 0.15) is 30.9 Å². The molecule has 0 aliphatic carbocycles. The minimum absolute atomic E-state index is 0.214. The quantitative estimate of drug-likeness (QED) is 0.848. The van der Waals surface area contributed by atoms with Crippen molar-refractivity contribution < 1.29 is 9.53 Å².